The third kappa shape index (κ3) is 4.20. The van der Waals surface area contributed by atoms with Crippen molar-refractivity contribution < 1.29 is 13.2 Å². The Morgan fingerprint density at radius 1 is 1.04 bits per heavy atom. The number of aryl methyl sites for hydroxylation is 1. The number of benzene rings is 2. The first kappa shape index (κ1) is 20.4. The van der Waals surface area contributed by atoms with Crippen LogP contribution in [0.2, 0.25) is 0 Å². The molecular weight excluding hydrogens is 374 g/mol. The Morgan fingerprint density at radius 2 is 1.68 bits per heavy atom. The highest BCUT2D eigenvalue weighted by Crippen LogP contribution is 2.24. The van der Waals surface area contributed by atoms with E-state index >= 15 is 0 Å². The topological polar surface area (TPSA) is 60.9 Å². The minimum Gasteiger partial charge on any atom is -0.336 e. The van der Waals surface area contributed by atoms with E-state index in [1.807, 2.05) is 11.8 Å². The molecule has 7 heteroatoms. The molecule has 1 aliphatic rings. The highest BCUT2D eigenvalue weighted by atomic mass is 32.2. The first-order chi connectivity index (χ1) is 13.3. The fourth-order valence-electron chi connectivity index (χ4n) is 3.29. The summed E-state index contributed by atoms with van der Waals surface area (Å²) in [4.78, 5) is 17.2. The Balaban J connectivity index is 1.80. The van der Waals surface area contributed by atoms with E-state index in [0.29, 0.717) is 24.3 Å². The number of piperazine rings is 1. The molecule has 2 aromatic carbocycles. The van der Waals surface area contributed by atoms with Gasteiger partial charge in [-0.3, -0.25) is 9.10 Å². The zero-order chi connectivity index (χ0) is 20.3. The molecule has 1 aliphatic heterocycles. The number of likely N-dealkylation sites (N-methyl/N-ethyl adjacent to an activating group) is 1. The van der Waals surface area contributed by atoms with Gasteiger partial charge in [-0.15, -0.1) is 0 Å². The highest BCUT2D eigenvalue weighted by molar-refractivity contribution is 7.92. The normalized spacial score (nSPS) is 15.5. The van der Waals surface area contributed by atoms with Gasteiger partial charge in [0.15, 0.2) is 0 Å². The van der Waals surface area contributed by atoms with Crippen LogP contribution in [0.5, 0.6) is 0 Å². The number of carbonyl (C=O) groups excluding carboxylic acids is 1. The second-order valence-corrected chi connectivity index (χ2v) is 9.03. The second-order valence-electron chi connectivity index (χ2n) is 7.06. The molecule has 0 saturated carbocycles. The van der Waals surface area contributed by atoms with Crippen molar-refractivity contribution in [2.24, 2.45) is 0 Å². The molecule has 28 heavy (non-hydrogen) atoms. The summed E-state index contributed by atoms with van der Waals surface area (Å²) in [5.74, 6) is -0.0567. The van der Waals surface area contributed by atoms with E-state index in [-0.39, 0.29) is 10.8 Å². The summed E-state index contributed by atoms with van der Waals surface area (Å²) in [5.41, 5.74) is 1.98. The van der Waals surface area contributed by atoms with Crippen LogP contribution in [0.3, 0.4) is 0 Å². The summed E-state index contributed by atoms with van der Waals surface area (Å²) in [6, 6.07) is 13.6. The molecule has 3 rings (SSSR count). The summed E-state index contributed by atoms with van der Waals surface area (Å²) in [5, 5.41) is 0. The van der Waals surface area contributed by atoms with E-state index in [0.717, 1.165) is 25.2 Å². The molecule has 150 valence electrons. The van der Waals surface area contributed by atoms with Crippen LogP contribution in [0.1, 0.15) is 22.8 Å². The molecule has 6 nitrogen and oxygen atoms in total. The van der Waals surface area contributed by atoms with Crippen LogP contribution in [-0.2, 0) is 10.0 Å². The van der Waals surface area contributed by atoms with E-state index in [9.17, 15) is 13.2 Å². The molecule has 1 fully saturated rings. The van der Waals surface area contributed by atoms with Crippen LogP contribution < -0.4 is 4.31 Å². The predicted molar refractivity (Wildman–Crippen MR) is 111 cm³/mol. The molecule has 0 radical (unpaired) electrons. The van der Waals surface area contributed by atoms with Crippen molar-refractivity contribution in [2.45, 2.75) is 18.7 Å². The van der Waals surface area contributed by atoms with Crippen molar-refractivity contribution in [3.8, 4) is 0 Å². The number of carbonyl (C=O) groups is 1. The third-order valence-electron chi connectivity index (χ3n) is 5.24. The Labute approximate surface area is 167 Å². The maximum Gasteiger partial charge on any atom is 0.264 e. The first-order valence-electron chi connectivity index (χ1n) is 9.50. The summed E-state index contributed by atoms with van der Waals surface area (Å²) < 4.78 is 27.1. The lowest BCUT2D eigenvalue weighted by atomic mass is 10.1. The number of anilines is 1. The van der Waals surface area contributed by atoms with Gasteiger partial charge in [0.25, 0.3) is 15.9 Å². The summed E-state index contributed by atoms with van der Waals surface area (Å²) in [6.45, 7) is 8.12. The Morgan fingerprint density at radius 3 is 2.29 bits per heavy atom. The SMILES string of the molecule is CCN1CCN(C(=O)c2cccc(N(C)S(=O)(=O)c3ccc(C)cc3)c2)CC1. The van der Waals surface area contributed by atoms with Gasteiger partial charge in [0.1, 0.15) is 0 Å². The van der Waals surface area contributed by atoms with Gasteiger partial charge in [-0.2, -0.15) is 0 Å². The monoisotopic (exact) mass is 401 g/mol. The molecule has 0 bridgehead atoms. The lowest BCUT2D eigenvalue weighted by Crippen LogP contribution is -2.48. The second kappa shape index (κ2) is 8.32. The molecule has 0 unspecified atom stereocenters. The number of rotatable bonds is 5. The van der Waals surface area contributed by atoms with Gasteiger partial charge >= 0.3 is 0 Å². The quantitative estimate of drug-likeness (QED) is 0.773. The predicted octanol–water partition coefficient (Wildman–Crippen LogP) is 2.60. The van der Waals surface area contributed by atoms with E-state index in [4.69, 9.17) is 0 Å². The van der Waals surface area contributed by atoms with Gasteiger partial charge in [-0.1, -0.05) is 30.7 Å². The number of amides is 1. The smallest absolute Gasteiger partial charge is 0.264 e. The van der Waals surface area contributed by atoms with Gasteiger partial charge < -0.3 is 9.80 Å². The zero-order valence-electron chi connectivity index (χ0n) is 16.6. The summed E-state index contributed by atoms with van der Waals surface area (Å²) >= 11 is 0. The maximum absolute atomic E-state index is 12.9. The summed E-state index contributed by atoms with van der Waals surface area (Å²) in [6.07, 6.45) is 0. The Bertz CT molecular complexity index is 934. The minimum absolute atomic E-state index is 0.0567. The maximum atomic E-state index is 12.9. The van der Waals surface area contributed by atoms with Crippen molar-refractivity contribution in [3.63, 3.8) is 0 Å². The molecule has 1 saturated heterocycles. The van der Waals surface area contributed by atoms with Gasteiger partial charge in [0.2, 0.25) is 0 Å². The van der Waals surface area contributed by atoms with E-state index in [2.05, 4.69) is 11.8 Å². The molecule has 0 aromatic heterocycles. The Hall–Kier alpha value is -2.38. The lowest BCUT2D eigenvalue weighted by molar-refractivity contribution is 0.0643. The first-order valence-corrected chi connectivity index (χ1v) is 10.9. The van der Waals surface area contributed by atoms with Crippen LogP contribution in [-0.4, -0.2) is 63.9 Å². The zero-order valence-corrected chi connectivity index (χ0v) is 17.4. The lowest BCUT2D eigenvalue weighted by Gasteiger charge is -2.34. The largest absolute Gasteiger partial charge is 0.336 e. The molecule has 0 atom stereocenters. The molecule has 0 N–H and O–H groups in total. The molecule has 1 heterocycles. The fourth-order valence-corrected chi connectivity index (χ4v) is 4.48. The van der Waals surface area contributed by atoms with Crippen LogP contribution in [0, 0.1) is 6.92 Å². The van der Waals surface area contributed by atoms with Crippen molar-refractivity contribution >= 4 is 21.6 Å². The van der Waals surface area contributed by atoms with Crippen LogP contribution >= 0.6 is 0 Å². The van der Waals surface area contributed by atoms with Crippen LogP contribution in [0.25, 0.3) is 0 Å². The van der Waals surface area contributed by atoms with E-state index in [1.165, 1.54) is 11.4 Å². The summed E-state index contributed by atoms with van der Waals surface area (Å²) in [7, 11) is -2.17. The third-order valence-corrected chi connectivity index (χ3v) is 7.04. The van der Waals surface area contributed by atoms with Crippen molar-refractivity contribution in [2.75, 3.05) is 44.1 Å². The molecule has 0 aliphatic carbocycles. The van der Waals surface area contributed by atoms with E-state index in [1.54, 1.807) is 48.5 Å². The highest BCUT2D eigenvalue weighted by Gasteiger charge is 2.24. The van der Waals surface area contributed by atoms with Crippen molar-refractivity contribution in [3.05, 3.63) is 59.7 Å². The van der Waals surface area contributed by atoms with Crippen LogP contribution in [0.4, 0.5) is 5.69 Å². The molecule has 0 spiro atoms. The van der Waals surface area contributed by atoms with Gasteiger partial charge in [0, 0.05) is 38.8 Å². The average molecular weight is 402 g/mol. The van der Waals surface area contributed by atoms with Gasteiger partial charge in [-0.05, 0) is 43.8 Å². The van der Waals surface area contributed by atoms with Crippen LogP contribution in [0.15, 0.2) is 53.4 Å². The van der Waals surface area contributed by atoms with Crippen molar-refractivity contribution in [1.29, 1.82) is 0 Å². The number of sulfonamides is 1. The standard InChI is InChI=1S/C21H27N3O3S/c1-4-23-12-14-24(15-13-23)21(25)18-6-5-7-19(16-18)22(3)28(26,27)20-10-8-17(2)9-11-20/h5-11,16H,4,12-15H2,1-3H3. The number of nitrogens with zero attached hydrogens (tertiary/aromatic N) is 3. The number of hydrogen-bond acceptors (Lipinski definition) is 4. The van der Waals surface area contributed by atoms with Gasteiger partial charge in [-0.25, -0.2) is 8.42 Å². The molecular formula is C21H27N3O3S. The Kier molecular flexibility index (Phi) is 6.05. The fraction of sp³-hybridized carbons (Fsp3) is 0.381. The average Bonchev–Trinajstić information content (AvgIpc) is 2.73. The van der Waals surface area contributed by atoms with E-state index < -0.39 is 10.0 Å². The number of hydrogen-bond donors (Lipinski definition) is 0. The van der Waals surface area contributed by atoms with Crippen molar-refractivity contribution in [1.82, 2.24) is 9.80 Å². The molecule has 1 amide bonds. The van der Waals surface area contributed by atoms with Gasteiger partial charge in [0.05, 0.1) is 10.6 Å². The minimum atomic E-state index is -3.69. The molecule has 2 aromatic rings.